The molecular formula is C16H20O7. The highest BCUT2D eigenvalue weighted by atomic mass is 16.7. The first-order chi connectivity index (χ1) is 11.0. The topological polar surface area (TPSA) is 116 Å². The van der Waals surface area contributed by atoms with E-state index in [0.29, 0.717) is 24.0 Å². The van der Waals surface area contributed by atoms with Gasteiger partial charge in [0.2, 0.25) is 0 Å². The monoisotopic (exact) mass is 324 g/mol. The Morgan fingerprint density at radius 2 is 1.87 bits per heavy atom. The van der Waals surface area contributed by atoms with Crippen LogP contribution in [0.3, 0.4) is 0 Å². The average Bonchev–Trinajstić information content (AvgIpc) is 2.58. The molecule has 1 fully saturated rings. The summed E-state index contributed by atoms with van der Waals surface area (Å²) in [4.78, 5) is 11.9. The molecule has 1 aromatic carbocycles. The van der Waals surface area contributed by atoms with Crippen LogP contribution in [0.4, 0.5) is 0 Å². The molecule has 1 saturated heterocycles. The van der Waals surface area contributed by atoms with E-state index >= 15 is 0 Å². The number of rotatable bonds is 3. The summed E-state index contributed by atoms with van der Waals surface area (Å²) in [7, 11) is 0. The number of Topliss-reactive ketones (excluding diaryl/α,β-unsaturated/α-hetero) is 1. The second-order valence-electron chi connectivity index (χ2n) is 5.87. The van der Waals surface area contributed by atoms with E-state index in [2.05, 4.69) is 0 Å². The summed E-state index contributed by atoms with van der Waals surface area (Å²) in [6.07, 6.45) is -6.27. The van der Waals surface area contributed by atoms with Gasteiger partial charge in [0, 0.05) is 12.0 Å². The molecule has 0 aromatic heterocycles. The van der Waals surface area contributed by atoms with E-state index in [0.717, 1.165) is 0 Å². The van der Waals surface area contributed by atoms with Crippen LogP contribution in [-0.2, 0) is 9.47 Å². The van der Waals surface area contributed by atoms with Gasteiger partial charge >= 0.3 is 0 Å². The van der Waals surface area contributed by atoms with Crippen molar-refractivity contribution in [2.75, 3.05) is 6.61 Å². The van der Waals surface area contributed by atoms with Crippen LogP contribution in [0, 0.1) is 0 Å². The Kier molecular flexibility index (Phi) is 4.77. The van der Waals surface area contributed by atoms with Crippen LogP contribution in [0.2, 0.25) is 0 Å². The van der Waals surface area contributed by atoms with Gasteiger partial charge in [-0.1, -0.05) is 24.3 Å². The molecule has 7 nitrogen and oxygen atoms in total. The van der Waals surface area contributed by atoms with Crippen molar-refractivity contribution in [1.29, 1.82) is 0 Å². The maximum absolute atomic E-state index is 11.9. The van der Waals surface area contributed by atoms with Crippen molar-refractivity contribution in [3.05, 3.63) is 35.4 Å². The molecule has 6 unspecified atom stereocenters. The minimum absolute atomic E-state index is 0.0363. The normalized spacial score (nSPS) is 37.5. The number of aliphatic hydroxyl groups excluding tert-OH is 4. The molecule has 0 saturated carbocycles. The van der Waals surface area contributed by atoms with E-state index in [1.54, 1.807) is 24.3 Å². The summed E-state index contributed by atoms with van der Waals surface area (Å²) in [5, 5.41) is 38.8. The molecule has 1 heterocycles. The molecule has 0 spiro atoms. The Hall–Kier alpha value is -1.35. The molecule has 2 aliphatic rings. The standard InChI is InChI=1S/C16H20O7/c17-7-12-13(19)14(20)15(21)16(23-12)22-11-6-5-10(18)8-3-1-2-4-9(8)11/h1-4,11-17,19-21H,5-7H2. The molecule has 0 amide bonds. The fraction of sp³-hybridized carbons (Fsp3) is 0.562. The molecule has 3 rings (SSSR count). The van der Waals surface area contributed by atoms with Crippen molar-refractivity contribution in [1.82, 2.24) is 0 Å². The van der Waals surface area contributed by atoms with Crippen molar-refractivity contribution >= 4 is 5.78 Å². The van der Waals surface area contributed by atoms with Crippen molar-refractivity contribution < 1.29 is 34.7 Å². The van der Waals surface area contributed by atoms with Crippen LogP contribution in [0.25, 0.3) is 0 Å². The van der Waals surface area contributed by atoms with Crippen LogP contribution >= 0.6 is 0 Å². The third kappa shape index (κ3) is 3.03. The largest absolute Gasteiger partial charge is 0.394 e. The Morgan fingerprint density at radius 3 is 2.61 bits per heavy atom. The quantitative estimate of drug-likeness (QED) is 0.593. The molecule has 1 aromatic rings. The van der Waals surface area contributed by atoms with Gasteiger partial charge in [0.1, 0.15) is 24.4 Å². The Morgan fingerprint density at radius 1 is 1.13 bits per heavy atom. The van der Waals surface area contributed by atoms with Gasteiger partial charge in [0.15, 0.2) is 12.1 Å². The highest BCUT2D eigenvalue weighted by molar-refractivity contribution is 5.98. The molecule has 4 N–H and O–H groups in total. The van der Waals surface area contributed by atoms with E-state index in [1.807, 2.05) is 0 Å². The van der Waals surface area contributed by atoms with Crippen molar-refractivity contribution in [3.8, 4) is 0 Å². The second kappa shape index (κ2) is 6.64. The Labute approximate surface area is 133 Å². The summed E-state index contributed by atoms with van der Waals surface area (Å²) >= 11 is 0. The fourth-order valence-electron chi connectivity index (χ4n) is 3.07. The zero-order valence-corrected chi connectivity index (χ0v) is 12.4. The average molecular weight is 324 g/mol. The van der Waals surface area contributed by atoms with Gasteiger partial charge in [-0.25, -0.2) is 0 Å². The zero-order valence-electron chi connectivity index (χ0n) is 12.4. The molecule has 0 bridgehead atoms. The third-order valence-electron chi connectivity index (χ3n) is 4.39. The molecule has 1 aliphatic carbocycles. The van der Waals surface area contributed by atoms with Crippen LogP contribution in [0.1, 0.15) is 34.9 Å². The lowest BCUT2D eigenvalue weighted by atomic mass is 9.88. The summed E-state index contributed by atoms with van der Waals surface area (Å²) in [5.74, 6) is 0.0363. The van der Waals surface area contributed by atoms with Crippen molar-refractivity contribution in [3.63, 3.8) is 0 Å². The smallest absolute Gasteiger partial charge is 0.187 e. The molecule has 126 valence electrons. The number of carbonyl (C=O) groups is 1. The van der Waals surface area contributed by atoms with Gasteiger partial charge in [-0.15, -0.1) is 0 Å². The van der Waals surface area contributed by atoms with E-state index in [4.69, 9.17) is 9.47 Å². The number of ether oxygens (including phenoxy) is 2. The number of ketones is 1. The number of hydrogen-bond acceptors (Lipinski definition) is 7. The van der Waals surface area contributed by atoms with Crippen LogP contribution < -0.4 is 0 Å². The van der Waals surface area contributed by atoms with E-state index in [-0.39, 0.29) is 5.78 Å². The Bertz CT molecular complexity index is 573. The molecule has 23 heavy (non-hydrogen) atoms. The maximum Gasteiger partial charge on any atom is 0.187 e. The van der Waals surface area contributed by atoms with Gasteiger partial charge in [-0.05, 0) is 12.0 Å². The van der Waals surface area contributed by atoms with Gasteiger partial charge in [-0.2, -0.15) is 0 Å². The summed E-state index contributed by atoms with van der Waals surface area (Å²) in [5.41, 5.74) is 1.29. The van der Waals surface area contributed by atoms with E-state index in [1.165, 1.54) is 0 Å². The molecule has 6 atom stereocenters. The zero-order chi connectivity index (χ0) is 16.6. The van der Waals surface area contributed by atoms with Crippen LogP contribution in [0.15, 0.2) is 24.3 Å². The first-order valence-corrected chi connectivity index (χ1v) is 7.61. The predicted molar refractivity (Wildman–Crippen MR) is 77.6 cm³/mol. The van der Waals surface area contributed by atoms with E-state index in [9.17, 15) is 25.2 Å². The highest BCUT2D eigenvalue weighted by Crippen LogP contribution is 2.35. The number of aliphatic hydroxyl groups is 4. The molecule has 1 aliphatic heterocycles. The number of carbonyl (C=O) groups excluding carboxylic acids is 1. The van der Waals surface area contributed by atoms with Gasteiger partial charge in [0.25, 0.3) is 0 Å². The summed E-state index contributed by atoms with van der Waals surface area (Å²) in [6.45, 7) is -0.509. The lowest BCUT2D eigenvalue weighted by Crippen LogP contribution is -2.59. The predicted octanol–water partition coefficient (Wildman–Crippen LogP) is -0.479. The molecular weight excluding hydrogens is 304 g/mol. The van der Waals surface area contributed by atoms with Gasteiger partial charge in [-0.3, -0.25) is 4.79 Å². The fourth-order valence-corrected chi connectivity index (χ4v) is 3.07. The molecule has 7 heteroatoms. The number of fused-ring (bicyclic) bond motifs is 1. The number of benzene rings is 1. The Balaban J connectivity index is 1.79. The molecule has 0 radical (unpaired) electrons. The lowest BCUT2D eigenvalue weighted by molar-refractivity contribution is -0.313. The van der Waals surface area contributed by atoms with Crippen LogP contribution in [-0.4, -0.2) is 63.5 Å². The van der Waals surface area contributed by atoms with E-state index < -0.39 is 43.4 Å². The van der Waals surface area contributed by atoms with Gasteiger partial charge in [0.05, 0.1) is 12.7 Å². The van der Waals surface area contributed by atoms with Crippen LogP contribution in [0.5, 0.6) is 0 Å². The first kappa shape index (κ1) is 16.5. The van der Waals surface area contributed by atoms with Crippen molar-refractivity contribution in [2.45, 2.75) is 49.7 Å². The summed E-state index contributed by atoms with van der Waals surface area (Å²) < 4.78 is 11.1. The van der Waals surface area contributed by atoms with Crippen molar-refractivity contribution in [2.24, 2.45) is 0 Å². The minimum atomic E-state index is -1.48. The third-order valence-corrected chi connectivity index (χ3v) is 4.39. The van der Waals surface area contributed by atoms with Gasteiger partial charge < -0.3 is 29.9 Å². The second-order valence-corrected chi connectivity index (χ2v) is 5.87. The first-order valence-electron chi connectivity index (χ1n) is 7.61. The minimum Gasteiger partial charge on any atom is -0.394 e. The maximum atomic E-state index is 11.9. The number of hydrogen-bond donors (Lipinski definition) is 4. The lowest BCUT2D eigenvalue weighted by Gasteiger charge is -2.41. The highest BCUT2D eigenvalue weighted by Gasteiger charge is 2.45. The summed E-state index contributed by atoms with van der Waals surface area (Å²) in [6, 6.07) is 7.07. The SMILES string of the molecule is O=C1CCC(OC2OC(CO)C(O)C(O)C2O)c2ccccc21.